The minimum absolute atomic E-state index is 0.0593. The van der Waals surface area contributed by atoms with Gasteiger partial charge in [0.05, 0.1) is 17.5 Å². The number of H-pyrrole nitrogens is 1. The Balaban J connectivity index is 1.33. The second-order valence-corrected chi connectivity index (χ2v) is 9.26. The highest BCUT2D eigenvalue weighted by molar-refractivity contribution is 6.13. The highest BCUT2D eigenvalue weighted by Crippen LogP contribution is 2.28. The molecule has 200 valence electrons. The van der Waals surface area contributed by atoms with Crippen molar-refractivity contribution in [1.29, 1.82) is 0 Å². The van der Waals surface area contributed by atoms with Gasteiger partial charge in [0.25, 0.3) is 5.91 Å². The molecule has 0 atom stereocenters. The van der Waals surface area contributed by atoms with E-state index in [1.807, 2.05) is 12.1 Å². The zero-order chi connectivity index (χ0) is 28.2. The highest BCUT2D eigenvalue weighted by atomic mass is 16.4. The smallest absolute Gasteiger partial charge is 0.303 e. The molecule has 3 aromatic carbocycles. The van der Waals surface area contributed by atoms with Crippen LogP contribution in [0.4, 0.5) is 11.4 Å². The van der Waals surface area contributed by atoms with Gasteiger partial charge in [-0.2, -0.15) is 0 Å². The van der Waals surface area contributed by atoms with Gasteiger partial charge in [0.1, 0.15) is 0 Å². The number of aromatic nitrogens is 1. The fourth-order valence-corrected chi connectivity index (χ4v) is 4.31. The lowest BCUT2D eigenvalue weighted by atomic mass is 10.0. The number of amides is 1. The van der Waals surface area contributed by atoms with Gasteiger partial charge in [-0.1, -0.05) is 36.4 Å². The number of carboxylic acid groups (broad SMARTS) is 1. The Morgan fingerprint density at radius 2 is 1.77 bits per heavy atom. The standard InChI is InChI=1S/C31H25N3O6/c1-18-13-14-40-29(18)31(39)33-23-4-2-3-20(15-23)28(37)21-8-11-24-25(30(38)34-26(24)16-21)17-32-22-9-5-19(6-10-22)7-12-27(35)36/h2-6,8-11,13-17,34,38H,7,12H2,1H3,(H,33,39)(H,35,36). The van der Waals surface area contributed by atoms with E-state index in [2.05, 4.69) is 15.3 Å². The first kappa shape index (κ1) is 26.2. The third-order valence-electron chi connectivity index (χ3n) is 6.44. The van der Waals surface area contributed by atoms with Crippen molar-refractivity contribution in [3.63, 3.8) is 0 Å². The number of furan rings is 1. The number of fused-ring (bicyclic) bond motifs is 1. The molecule has 0 unspecified atom stereocenters. The highest BCUT2D eigenvalue weighted by Gasteiger charge is 2.16. The van der Waals surface area contributed by atoms with Crippen molar-refractivity contribution in [2.45, 2.75) is 19.8 Å². The number of nitrogens with zero attached hydrogens (tertiary/aromatic N) is 1. The van der Waals surface area contributed by atoms with Crippen LogP contribution in [0.1, 0.15) is 49.6 Å². The summed E-state index contributed by atoms with van der Waals surface area (Å²) in [6.45, 7) is 1.77. The van der Waals surface area contributed by atoms with Crippen LogP contribution in [0.2, 0.25) is 0 Å². The number of ketones is 1. The van der Waals surface area contributed by atoms with Gasteiger partial charge in [-0.15, -0.1) is 0 Å². The Bertz CT molecular complexity index is 1760. The summed E-state index contributed by atoms with van der Waals surface area (Å²) in [5.41, 5.74) is 4.54. The average molecular weight is 536 g/mol. The first-order valence-electron chi connectivity index (χ1n) is 12.5. The maximum atomic E-state index is 13.3. The molecule has 0 spiro atoms. The average Bonchev–Trinajstić information content (AvgIpc) is 3.52. The van der Waals surface area contributed by atoms with Crippen molar-refractivity contribution in [3.05, 3.63) is 113 Å². The number of carbonyl (C=O) groups excluding carboxylic acids is 2. The molecule has 0 bridgehead atoms. The number of rotatable bonds is 9. The largest absolute Gasteiger partial charge is 0.494 e. The topological polar surface area (TPSA) is 145 Å². The predicted octanol–water partition coefficient (Wildman–Crippen LogP) is 6.03. The number of carboxylic acids is 1. The quantitative estimate of drug-likeness (QED) is 0.134. The van der Waals surface area contributed by atoms with Gasteiger partial charge in [0, 0.05) is 45.9 Å². The molecule has 5 aromatic rings. The SMILES string of the molecule is Cc1ccoc1C(=O)Nc1cccc(C(=O)c2ccc3c(C=Nc4ccc(CCC(=O)O)cc4)c(O)[nH]c3c2)c1. The molecule has 9 nitrogen and oxygen atoms in total. The molecular weight excluding hydrogens is 510 g/mol. The third kappa shape index (κ3) is 5.68. The molecule has 0 fully saturated rings. The van der Waals surface area contributed by atoms with E-state index < -0.39 is 11.9 Å². The molecule has 2 aromatic heterocycles. The summed E-state index contributed by atoms with van der Waals surface area (Å²) in [7, 11) is 0. The fourth-order valence-electron chi connectivity index (χ4n) is 4.31. The molecular formula is C31H25N3O6. The summed E-state index contributed by atoms with van der Waals surface area (Å²) < 4.78 is 5.23. The van der Waals surface area contributed by atoms with Crippen LogP contribution in [0.5, 0.6) is 5.88 Å². The number of aromatic hydroxyl groups is 1. The maximum Gasteiger partial charge on any atom is 0.303 e. The number of aliphatic carboxylic acids is 1. The second-order valence-electron chi connectivity index (χ2n) is 9.26. The Morgan fingerprint density at radius 3 is 2.50 bits per heavy atom. The van der Waals surface area contributed by atoms with Crippen molar-refractivity contribution in [3.8, 4) is 5.88 Å². The molecule has 1 amide bonds. The van der Waals surface area contributed by atoms with Crippen LogP contribution in [-0.4, -0.2) is 39.1 Å². The summed E-state index contributed by atoms with van der Waals surface area (Å²) in [5.74, 6) is -1.38. The molecule has 40 heavy (non-hydrogen) atoms. The van der Waals surface area contributed by atoms with E-state index in [1.54, 1.807) is 67.6 Å². The molecule has 4 N–H and O–H groups in total. The summed E-state index contributed by atoms with van der Waals surface area (Å²) >= 11 is 0. The summed E-state index contributed by atoms with van der Waals surface area (Å²) in [6.07, 6.45) is 3.48. The molecule has 2 heterocycles. The van der Waals surface area contributed by atoms with E-state index in [9.17, 15) is 19.5 Å². The number of aryl methyl sites for hydroxylation is 2. The van der Waals surface area contributed by atoms with Gasteiger partial charge >= 0.3 is 5.97 Å². The minimum Gasteiger partial charge on any atom is -0.494 e. The first-order chi connectivity index (χ1) is 19.3. The number of aromatic amines is 1. The predicted molar refractivity (Wildman–Crippen MR) is 151 cm³/mol. The molecule has 0 aliphatic carbocycles. The van der Waals surface area contributed by atoms with Crippen molar-refractivity contribution in [1.82, 2.24) is 4.98 Å². The number of hydrogen-bond donors (Lipinski definition) is 4. The van der Waals surface area contributed by atoms with E-state index >= 15 is 0 Å². The third-order valence-corrected chi connectivity index (χ3v) is 6.44. The van der Waals surface area contributed by atoms with Crippen LogP contribution in [-0.2, 0) is 11.2 Å². The van der Waals surface area contributed by atoms with Gasteiger partial charge < -0.3 is 24.9 Å². The molecule has 0 saturated heterocycles. The zero-order valence-electron chi connectivity index (χ0n) is 21.5. The first-order valence-corrected chi connectivity index (χ1v) is 12.5. The number of aliphatic imine (C=N–C) groups is 1. The van der Waals surface area contributed by atoms with Gasteiger partial charge in [-0.3, -0.25) is 19.4 Å². The van der Waals surface area contributed by atoms with E-state index in [4.69, 9.17) is 9.52 Å². The summed E-state index contributed by atoms with van der Waals surface area (Å²) in [6, 6.07) is 20.6. The van der Waals surface area contributed by atoms with Crippen LogP contribution in [0.3, 0.4) is 0 Å². The van der Waals surface area contributed by atoms with Crippen molar-refractivity contribution < 1.29 is 29.0 Å². The summed E-state index contributed by atoms with van der Waals surface area (Å²) in [4.78, 5) is 43.8. The molecule has 0 saturated carbocycles. The Labute approximate surface area is 228 Å². The number of benzene rings is 3. The van der Waals surface area contributed by atoms with Crippen molar-refractivity contribution >= 4 is 46.2 Å². The van der Waals surface area contributed by atoms with Crippen molar-refractivity contribution in [2.75, 3.05) is 5.32 Å². The molecule has 9 heteroatoms. The lowest BCUT2D eigenvalue weighted by Crippen LogP contribution is -2.12. The van der Waals surface area contributed by atoms with Gasteiger partial charge in [-0.05, 0) is 55.3 Å². The second kappa shape index (κ2) is 11.1. The lowest BCUT2D eigenvalue weighted by molar-refractivity contribution is -0.136. The van der Waals surface area contributed by atoms with Crippen LogP contribution >= 0.6 is 0 Å². The number of nitrogens with one attached hydrogen (secondary N) is 2. The monoisotopic (exact) mass is 535 g/mol. The molecule has 5 rings (SSSR count). The van der Waals surface area contributed by atoms with E-state index in [1.165, 1.54) is 12.5 Å². The Hall–Kier alpha value is -5.44. The molecule has 0 radical (unpaired) electrons. The van der Waals surface area contributed by atoms with Crippen LogP contribution < -0.4 is 5.32 Å². The van der Waals surface area contributed by atoms with E-state index in [0.29, 0.717) is 51.0 Å². The van der Waals surface area contributed by atoms with Gasteiger partial charge in [-0.25, -0.2) is 0 Å². The molecule has 0 aliphatic rings. The Morgan fingerprint density at radius 1 is 1.00 bits per heavy atom. The Kier molecular flexibility index (Phi) is 7.28. The van der Waals surface area contributed by atoms with Crippen molar-refractivity contribution in [2.24, 2.45) is 4.99 Å². The zero-order valence-corrected chi connectivity index (χ0v) is 21.5. The molecule has 0 aliphatic heterocycles. The van der Waals surface area contributed by atoms with E-state index in [-0.39, 0.29) is 23.8 Å². The number of hydrogen-bond acceptors (Lipinski definition) is 6. The maximum absolute atomic E-state index is 13.3. The van der Waals surface area contributed by atoms with Crippen LogP contribution in [0.25, 0.3) is 10.9 Å². The van der Waals surface area contributed by atoms with Crippen LogP contribution in [0, 0.1) is 6.92 Å². The normalized spacial score (nSPS) is 11.2. The minimum atomic E-state index is -0.847. The number of anilines is 1. The van der Waals surface area contributed by atoms with Crippen LogP contribution in [0.15, 0.2) is 88.5 Å². The lowest BCUT2D eigenvalue weighted by Gasteiger charge is -2.07. The summed E-state index contributed by atoms with van der Waals surface area (Å²) in [5, 5.41) is 22.8. The number of carbonyl (C=O) groups is 3. The van der Waals surface area contributed by atoms with Gasteiger partial charge in [0.15, 0.2) is 17.4 Å². The van der Waals surface area contributed by atoms with Gasteiger partial charge in [0.2, 0.25) is 0 Å². The fraction of sp³-hybridized carbons (Fsp3) is 0.0968. The van der Waals surface area contributed by atoms with E-state index in [0.717, 1.165) is 5.56 Å².